The Labute approximate surface area is 99.8 Å². The largest absolute Gasteiger partial charge is 0.480 e. The average molecular weight is 247 g/mol. The first-order valence-electron chi connectivity index (χ1n) is 5.29. The van der Waals surface area contributed by atoms with Crippen LogP contribution in [0.1, 0.15) is 19.8 Å². The Balaban J connectivity index is 2.78. The monoisotopic (exact) mass is 247 g/mol. The predicted octanol–water partition coefficient (Wildman–Crippen LogP) is -0.0112. The van der Waals surface area contributed by atoms with Gasteiger partial charge in [0.25, 0.3) is 0 Å². The summed E-state index contributed by atoms with van der Waals surface area (Å²) in [6.07, 6.45) is 0.115. The number of carbonyl (C=O) groups excluding carboxylic acids is 1. The van der Waals surface area contributed by atoms with E-state index in [-0.39, 0.29) is 18.4 Å². The number of carboxylic acids is 1. The standard InChI is InChI=1S/C10H17NO4S/c1-6(5-16)9(13)11-4-7(12)2-3-8(11)10(14)15/h6-8,12,16H,2-5H2,1H3,(H,14,15). The number of thiol groups is 1. The van der Waals surface area contributed by atoms with Crippen LogP contribution in [0.5, 0.6) is 0 Å². The van der Waals surface area contributed by atoms with Crippen molar-refractivity contribution in [3.8, 4) is 0 Å². The van der Waals surface area contributed by atoms with Gasteiger partial charge in [-0.25, -0.2) is 4.79 Å². The number of hydrogen-bond donors (Lipinski definition) is 3. The van der Waals surface area contributed by atoms with E-state index in [0.717, 1.165) is 0 Å². The fourth-order valence-electron chi connectivity index (χ4n) is 1.81. The molecule has 92 valence electrons. The topological polar surface area (TPSA) is 77.8 Å². The molecule has 0 aromatic heterocycles. The summed E-state index contributed by atoms with van der Waals surface area (Å²) in [7, 11) is 0. The fourth-order valence-corrected chi connectivity index (χ4v) is 1.97. The molecule has 0 spiro atoms. The SMILES string of the molecule is CC(CS)C(=O)N1CC(O)CCC1C(=O)O. The first-order chi connectivity index (χ1) is 7.47. The van der Waals surface area contributed by atoms with Crippen molar-refractivity contribution in [3.63, 3.8) is 0 Å². The van der Waals surface area contributed by atoms with E-state index < -0.39 is 18.1 Å². The van der Waals surface area contributed by atoms with Gasteiger partial charge in [-0.2, -0.15) is 12.6 Å². The van der Waals surface area contributed by atoms with Gasteiger partial charge in [0.15, 0.2) is 0 Å². The number of aliphatic hydroxyl groups excluding tert-OH is 1. The normalized spacial score (nSPS) is 27.6. The lowest BCUT2D eigenvalue weighted by molar-refractivity contribution is -0.156. The lowest BCUT2D eigenvalue weighted by atomic mass is 9.98. The molecule has 1 fully saturated rings. The summed E-state index contributed by atoms with van der Waals surface area (Å²) in [5.41, 5.74) is 0. The van der Waals surface area contributed by atoms with Crippen LogP contribution in [0.2, 0.25) is 0 Å². The van der Waals surface area contributed by atoms with Crippen LogP contribution in [0, 0.1) is 5.92 Å². The minimum absolute atomic E-state index is 0.105. The number of rotatable bonds is 3. The summed E-state index contributed by atoms with van der Waals surface area (Å²) in [4.78, 5) is 24.1. The first kappa shape index (κ1) is 13.3. The maximum Gasteiger partial charge on any atom is 0.326 e. The van der Waals surface area contributed by atoms with E-state index in [1.807, 2.05) is 0 Å². The molecule has 1 saturated heterocycles. The van der Waals surface area contributed by atoms with Crippen molar-refractivity contribution in [3.05, 3.63) is 0 Å². The Morgan fingerprint density at radius 2 is 2.12 bits per heavy atom. The number of aliphatic carboxylic acids is 1. The minimum atomic E-state index is -1.01. The molecule has 6 heteroatoms. The Morgan fingerprint density at radius 1 is 1.50 bits per heavy atom. The summed E-state index contributed by atoms with van der Waals surface area (Å²) < 4.78 is 0. The second-order valence-electron chi connectivity index (χ2n) is 4.16. The molecule has 16 heavy (non-hydrogen) atoms. The number of carboxylic acid groups (broad SMARTS) is 1. The third kappa shape index (κ3) is 2.89. The smallest absolute Gasteiger partial charge is 0.326 e. The van der Waals surface area contributed by atoms with Gasteiger partial charge in [0.2, 0.25) is 5.91 Å². The minimum Gasteiger partial charge on any atom is -0.480 e. The van der Waals surface area contributed by atoms with Crippen LogP contribution < -0.4 is 0 Å². The molecule has 1 aliphatic rings. The molecule has 1 heterocycles. The van der Waals surface area contributed by atoms with Crippen LogP contribution in [-0.4, -0.2) is 51.4 Å². The molecule has 0 radical (unpaired) electrons. The Hall–Kier alpha value is -0.750. The molecule has 1 amide bonds. The van der Waals surface area contributed by atoms with E-state index in [1.165, 1.54) is 4.90 Å². The zero-order chi connectivity index (χ0) is 12.3. The zero-order valence-electron chi connectivity index (χ0n) is 9.17. The quantitative estimate of drug-likeness (QED) is 0.613. The highest BCUT2D eigenvalue weighted by Crippen LogP contribution is 2.20. The van der Waals surface area contributed by atoms with Crippen molar-refractivity contribution in [2.45, 2.75) is 31.9 Å². The Morgan fingerprint density at radius 3 is 2.62 bits per heavy atom. The molecule has 2 N–H and O–H groups in total. The van der Waals surface area contributed by atoms with Gasteiger partial charge in [-0.15, -0.1) is 0 Å². The van der Waals surface area contributed by atoms with Crippen molar-refractivity contribution in [1.82, 2.24) is 4.90 Å². The van der Waals surface area contributed by atoms with Crippen LogP contribution >= 0.6 is 12.6 Å². The molecule has 1 rings (SSSR count). The average Bonchev–Trinajstić information content (AvgIpc) is 2.26. The van der Waals surface area contributed by atoms with E-state index in [0.29, 0.717) is 18.6 Å². The second kappa shape index (κ2) is 5.54. The van der Waals surface area contributed by atoms with Crippen molar-refractivity contribution in [1.29, 1.82) is 0 Å². The molecule has 0 bridgehead atoms. The third-order valence-corrected chi connectivity index (χ3v) is 3.37. The van der Waals surface area contributed by atoms with Gasteiger partial charge in [-0.05, 0) is 12.8 Å². The molecule has 0 aliphatic carbocycles. The Bertz CT molecular complexity index is 284. The Kier molecular flexibility index (Phi) is 4.61. The van der Waals surface area contributed by atoms with Crippen LogP contribution in [0.3, 0.4) is 0 Å². The number of β-amino-alcohol motifs (C(OH)–C–C–N with tert-alkyl or cyclic N) is 1. The molecule has 1 aliphatic heterocycles. The van der Waals surface area contributed by atoms with Crippen LogP contribution in [-0.2, 0) is 9.59 Å². The third-order valence-electron chi connectivity index (χ3n) is 2.82. The van der Waals surface area contributed by atoms with Crippen molar-refractivity contribution in [2.24, 2.45) is 5.92 Å². The van der Waals surface area contributed by atoms with Crippen LogP contribution in [0.4, 0.5) is 0 Å². The highest BCUT2D eigenvalue weighted by atomic mass is 32.1. The molecular weight excluding hydrogens is 230 g/mol. The van der Waals surface area contributed by atoms with Crippen LogP contribution in [0.25, 0.3) is 0 Å². The van der Waals surface area contributed by atoms with Gasteiger partial charge in [-0.1, -0.05) is 6.92 Å². The fraction of sp³-hybridized carbons (Fsp3) is 0.800. The van der Waals surface area contributed by atoms with E-state index in [4.69, 9.17) is 5.11 Å². The molecule has 0 aromatic carbocycles. The van der Waals surface area contributed by atoms with Gasteiger partial charge >= 0.3 is 5.97 Å². The van der Waals surface area contributed by atoms with Crippen molar-refractivity contribution < 1.29 is 19.8 Å². The number of amides is 1. The van der Waals surface area contributed by atoms with E-state index >= 15 is 0 Å². The zero-order valence-corrected chi connectivity index (χ0v) is 10.1. The summed E-state index contributed by atoms with van der Waals surface area (Å²) in [5.74, 6) is -1.21. The van der Waals surface area contributed by atoms with Gasteiger partial charge in [0, 0.05) is 18.2 Å². The van der Waals surface area contributed by atoms with E-state index in [1.54, 1.807) is 6.92 Å². The summed E-state index contributed by atoms with van der Waals surface area (Å²) >= 11 is 4.02. The molecule has 3 unspecified atom stereocenters. The number of likely N-dealkylation sites (tertiary alicyclic amines) is 1. The van der Waals surface area contributed by atoms with E-state index in [9.17, 15) is 14.7 Å². The number of piperidine rings is 1. The summed E-state index contributed by atoms with van der Waals surface area (Å²) in [6.45, 7) is 1.81. The summed E-state index contributed by atoms with van der Waals surface area (Å²) in [6, 6.07) is -0.807. The summed E-state index contributed by atoms with van der Waals surface area (Å²) in [5, 5.41) is 18.5. The van der Waals surface area contributed by atoms with Crippen LogP contribution in [0.15, 0.2) is 0 Å². The first-order valence-corrected chi connectivity index (χ1v) is 5.92. The number of carbonyl (C=O) groups is 2. The lowest BCUT2D eigenvalue weighted by Crippen LogP contribution is -2.53. The van der Waals surface area contributed by atoms with Crippen molar-refractivity contribution in [2.75, 3.05) is 12.3 Å². The van der Waals surface area contributed by atoms with Gasteiger partial charge in [-0.3, -0.25) is 4.79 Å². The van der Waals surface area contributed by atoms with E-state index in [2.05, 4.69) is 12.6 Å². The van der Waals surface area contributed by atoms with Gasteiger partial charge in [0.05, 0.1) is 6.10 Å². The molecule has 3 atom stereocenters. The second-order valence-corrected chi connectivity index (χ2v) is 4.52. The predicted molar refractivity (Wildman–Crippen MR) is 61.4 cm³/mol. The number of nitrogens with zero attached hydrogens (tertiary/aromatic N) is 1. The molecule has 0 aromatic rings. The highest BCUT2D eigenvalue weighted by molar-refractivity contribution is 7.80. The molecule has 5 nitrogen and oxygen atoms in total. The number of aliphatic hydroxyl groups is 1. The molecule has 0 saturated carbocycles. The molecular formula is C10H17NO4S. The maximum atomic E-state index is 11.9. The van der Waals surface area contributed by atoms with Gasteiger partial charge < -0.3 is 15.1 Å². The van der Waals surface area contributed by atoms with Gasteiger partial charge in [0.1, 0.15) is 6.04 Å². The number of hydrogen-bond acceptors (Lipinski definition) is 4. The lowest BCUT2D eigenvalue weighted by Gasteiger charge is -2.36. The van der Waals surface area contributed by atoms with Crippen molar-refractivity contribution >= 4 is 24.5 Å². The highest BCUT2D eigenvalue weighted by Gasteiger charge is 2.36. The maximum absolute atomic E-state index is 11.9.